The predicted molar refractivity (Wildman–Crippen MR) is 102 cm³/mol. The third kappa shape index (κ3) is 2.88. The summed E-state index contributed by atoms with van der Waals surface area (Å²) in [6.07, 6.45) is 0.395. The number of hydrogen-bond donors (Lipinski definition) is 1. The number of nitrogens with zero attached hydrogens (tertiary/aromatic N) is 3. The fourth-order valence-corrected chi connectivity index (χ4v) is 3.98. The van der Waals surface area contributed by atoms with Crippen LogP contribution in [0.25, 0.3) is 0 Å². The molecule has 2 amide bonds. The average molecular weight is 423 g/mol. The molecule has 0 saturated heterocycles. The van der Waals surface area contributed by atoms with Gasteiger partial charge in [0.2, 0.25) is 0 Å². The third-order valence-corrected chi connectivity index (χ3v) is 5.58. The Bertz CT molecular complexity index is 1130. The maximum Gasteiger partial charge on any atom is 0.274 e. The van der Waals surface area contributed by atoms with Crippen molar-refractivity contribution in [1.29, 1.82) is 0 Å². The number of aromatic nitrogens is 1. The van der Waals surface area contributed by atoms with Crippen LogP contribution in [0.3, 0.4) is 0 Å². The second kappa shape index (κ2) is 6.84. The van der Waals surface area contributed by atoms with Crippen molar-refractivity contribution in [3.05, 3.63) is 67.1 Å². The van der Waals surface area contributed by atoms with Gasteiger partial charge in [-0.1, -0.05) is 11.6 Å². The molecule has 0 saturated carbocycles. The number of rotatable bonds is 3. The van der Waals surface area contributed by atoms with Gasteiger partial charge in [-0.2, -0.15) is 0 Å². The molecule has 1 N–H and O–H groups in total. The number of amides is 2. The summed E-state index contributed by atoms with van der Waals surface area (Å²) >= 11 is 5.67. The molecule has 0 spiro atoms. The molecule has 7 nitrogen and oxygen atoms in total. The monoisotopic (exact) mass is 422 g/mol. The van der Waals surface area contributed by atoms with Gasteiger partial charge in [0.05, 0.1) is 10.7 Å². The maximum absolute atomic E-state index is 14.1. The predicted octanol–water partition coefficient (Wildman–Crippen LogP) is 1.56. The summed E-state index contributed by atoms with van der Waals surface area (Å²) in [5.74, 6) is -2.87. The van der Waals surface area contributed by atoms with Gasteiger partial charge in [-0.15, -0.1) is 0 Å². The lowest BCUT2D eigenvalue weighted by Gasteiger charge is -2.36. The van der Waals surface area contributed by atoms with Gasteiger partial charge in [0.25, 0.3) is 11.8 Å². The SMILES string of the molecule is Cc1c2n3c(c(C(=O)NCc4c(F)ccc(Cl)c4F)c1=O)CCN3CN(C)C2=O. The summed E-state index contributed by atoms with van der Waals surface area (Å²) in [6, 6.07) is 2.09. The van der Waals surface area contributed by atoms with Gasteiger partial charge in [0.15, 0.2) is 5.43 Å². The Balaban J connectivity index is 1.73. The van der Waals surface area contributed by atoms with Crippen LogP contribution < -0.4 is 15.8 Å². The Hall–Kier alpha value is -2.94. The van der Waals surface area contributed by atoms with Crippen LogP contribution in [0.4, 0.5) is 8.78 Å². The van der Waals surface area contributed by atoms with E-state index in [1.807, 2.05) is 5.01 Å². The Morgan fingerprint density at radius 1 is 1.28 bits per heavy atom. The molecule has 0 aliphatic carbocycles. The van der Waals surface area contributed by atoms with Gasteiger partial charge >= 0.3 is 0 Å². The molecule has 0 bridgehead atoms. The Morgan fingerprint density at radius 3 is 2.72 bits per heavy atom. The van der Waals surface area contributed by atoms with E-state index in [4.69, 9.17) is 11.6 Å². The zero-order valence-electron chi connectivity index (χ0n) is 15.7. The van der Waals surface area contributed by atoms with Gasteiger partial charge in [0.1, 0.15) is 29.6 Å². The first-order valence-electron chi connectivity index (χ1n) is 8.92. The normalized spacial score (nSPS) is 15.0. The molecule has 2 aliphatic heterocycles. The maximum atomic E-state index is 14.1. The van der Waals surface area contributed by atoms with Gasteiger partial charge in [0, 0.05) is 37.7 Å². The molecule has 0 atom stereocenters. The smallest absolute Gasteiger partial charge is 0.274 e. The van der Waals surface area contributed by atoms with E-state index in [-0.39, 0.29) is 27.8 Å². The Morgan fingerprint density at radius 2 is 2.00 bits per heavy atom. The van der Waals surface area contributed by atoms with Crippen LogP contribution in [0.1, 0.15) is 37.7 Å². The lowest BCUT2D eigenvalue weighted by molar-refractivity contribution is 0.0741. The van der Waals surface area contributed by atoms with Crippen molar-refractivity contribution >= 4 is 23.4 Å². The van der Waals surface area contributed by atoms with E-state index in [2.05, 4.69) is 5.32 Å². The lowest BCUT2D eigenvalue weighted by atomic mass is 10.0. The highest BCUT2D eigenvalue weighted by molar-refractivity contribution is 6.30. The Labute approximate surface area is 169 Å². The van der Waals surface area contributed by atoms with Crippen molar-refractivity contribution in [2.45, 2.75) is 19.9 Å². The Kier molecular flexibility index (Phi) is 4.57. The molecular weight excluding hydrogens is 406 g/mol. The highest BCUT2D eigenvalue weighted by Gasteiger charge is 2.37. The number of nitrogens with one attached hydrogen (secondary N) is 1. The zero-order chi connectivity index (χ0) is 21.0. The van der Waals surface area contributed by atoms with Gasteiger partial charge in [-0.3, -0.25) is 24.1 Å². The minimum atomic E-state index is -0.963. The minimum absolute atomic E-state index is 0.117. The highest BCUT2D eigenvalue weighted by atomic mass is 35.5. The fourth-order valence-electron chi connectivity index (χ4n) is 3.80. The van der Waals surface area contributed by atoms with Crippen LogP contribution >= 0.6 is 11.6 Å². The van der Waals surface area contributed by atoms with Crippen LogP contribution in [0.15, 0.2) is 16.9 Å². The first-order chi connectivity index (χ1) is 13.7. The van der Waals surface area contributed by atoms with Gasteiger partial charge in [-0.25, -0.2) is 8.78 Å². The molecule has 10 heteroatoms. The standard InChI is InChI=1S/C19H17ClF2N4O3/c1-9-16-19(29)24(2)8-25-6-5-13(26(16)25)14(17(9)27)18(28)23-7-10-12(21)4-3-11(20)15(10)22/h3-4H,5-8H2,1-2H3,(H,23,28). The summed E-state index contributed by atoms with van der Waals surface area (Å²) in [5, 5.41) is 4.01. The van der Waals surface area contributed by atoms with Crippen molar-refractivity contribution in [1.82, 2.24) is 14.9 Å². The fraction of sp³-hybridized carbons (Fsp3) is 0.316. The molecule has 3 heterocycles. The molecule has 1 aromatic carbocycles. The van der Waals surface area contributed by atoms with Crippen molar-refractivity contribution in [3.63, 3.8) is 0 Å². The van der Waals surface area contributed by atoms with Gasteiger partial charge in [-0.05, 0) is 19.1 Å². The molecule has 1 aromatic heterocycles. The highest BCUT2D eigenvalue weighted by Crippen LogP contribution is 2.25. The second-order valence-electron chi connectivity index (χ2n) is 7.07. The molecule has 152 valence electrons. The van der Waals surface area contributed by atoms with Crippen LogP contribution in [-0.4, -0.2) is 41.7 Å². The van der Waals surface area contributed by atoms with Crippen LogP contribution in [0.2, 0.25) is 5.02 Å². The van der Waals surface area contributed by atoms with Crippen molar-refractivity contribution < 1.29 is 18.4 Å². The largest absolute Gasteiger partial charge is 0.348 e. The number of hydrogen-bond acceptors (Lipinski definition) is 4. The number of carbonyl (C=O) groups is 2. The van der Waals surface area contributed by atoms with Crippen LogP contribution in [0, 0.1) is 18.6 Å². The molecule has 29 heavy (non-hydrogen) atoms. The number of pyridine rings is 1. The summed E-state index contributed by atoms with van der Waals surface area (Å²) in [5.41, 5.74) is -0.269. The van der Waals surface area contributed by atoms with Crippen molar-refractivity contribution in [2.24, 2.45) is 0 Å². The van der Waals surface area contributed by atoms with Crippen molar-refractivity contribution in [3.8, 4) is 0 Å². The van der Waals surface area contributed by atoms with E-state index in [0.717, 1.165) is 12.1 Å². The molecular formula is C19H17ClF2N4O3. The summed E-state index contributed by atoms with van der Waals surface area (Å²) in [6.45, 7) is 1.89. The van der Waals surface area contributed by atoms with E-state index < -0.39 is 35.1 Å². The minimum Gasteiger partial charge on any atom is -0.348 e. The topological polar surface area (TPSA) is 74.7 Å². The molecule has 0 radical (unpaired) electrons. The molecule has 0 unspecified atom stereocenters. The number of carbonyl (C=O) groups excluding carboxylic acids is 2. The quantitative estimate of drug-likeness (QED) is 0.762. The average Bonchev–Trinajstić information content (AvgIpc) is 3.08. The first kappa shape index (κ1) is 19.4. The summed E-state index contributed by atoms with van der Waals surface area (Å²) in [4.78, 5) is 39.8. The van der Waals surface area contributed by atoms with E-state index in [0.29, 0.717) is 25.3 Å². The zero-order valence-corrected chi connectivity index (χ0v) is 16.4. The molecule has 2 aliphatic rings. The third-order valence-electron chi connectivity index (χ3n) is 5.28. The molecule has 2 aromatic rings. The summed E-state index contributed by atoms with van der Waals surface area (Å²) < 4.78 is 29.6. The van der Waals surface area contributed by atoms with E-state index in [1.54, 1.807) is 11.7 Å². The summed E-state index contributed by atoms with van der Waals surface area (Å²) in [7, 11) is 1.64. The number of benzene rings is 1. The van der Waals surface area contributed by atoms with Crippen molar-refractivity contribution in [2.75, 3.05) is 25.3 Å². The number of halogens is 3. The van der Waals surface area contributed by atoms with Gasteiger partial charge < -0.3 is 10.2 Å². The van der Waals surface area contributed by atoms with Crippen LogP contribution in [-0.2, 0) is 13.0 Å². The lowest BCUT2D eigenvalue weighted by Crippen LogP contribution is -2.52. The van der Waals surface area contributed by atoms with E-state index >= 15 is 0 Å². The van der Waals surface area contributed by atoms with E-state index in [9.17, 15) is 23.2 Å². The first-order valence-corrected chi connectivity index (χ1v) is 9.30. The molecule has 4 rings (SSSR count). The molecule has 0 fully saturated rings. The second-order valence-corrected chi connectivity index (χ2v) is 7.47. The van der Waals surface area contributed by atoms with Crippen LogP contribution in [0.5, 0.6) is 0 Å². The van der Waals surface area contributed by atoms with E-state index in [1.165, 1.54) is 11.8 Å².